The van der Waals surface area contributed by atoms with Gasteiger partial charge in [0.2, 0.25) is 10.0 Å². The highest BCUT2D eigenvalue weighted by Gasteiger charge is 2.64. The number of aromatic nitrogens is 1. The molecule has 12 heteroatoms. The molecule has 42 heavy (non-hydrogen) atoms. The molecular weight excluding hydrogens is 573 g/mol. The van der Waals surface area contributed by atoms with Gasteiger partial charge in [0, 0.05) is 34.5 Å². The molecule has 224 valence electrons. The molecule has 0 bridgehead atoms. The van der Waals surface area contributed by atoms with Crippen LogP contribution in [0.1, 0.15) is 71.8 Å². The van der Waals surface area contributed by atoms with Gasteiger partial charge in [-0.1, -0.05) is 25.3 Å². The second-order valence-corrected chi connectivity index (χ2v) is 13.3. The first-order valence-electron chi connectivity index (χ1n) is 13.9. The van der Waals surface area contributed by atoms with Crippen LogP contribution in [0, 0.1) is 5.41 Å². The lowest BCUT2D eigenvalue weighted by Gasteiger charge is -2.24. The molecule has 2 unspecified atom stereocenters. The second-order valence-electron chi connectivity index (χ2n) is 11.6. The lowest BCUT2D eigenvalue weighted by Crippen LogP contribution is -2.37. The number of rotatable bonds is 6. The van der Waals surface area contributed by atoms with E-state index >= 15 is 0 Å². The van der Waals surface area contributed by atoms with Crippen LogP contribution in [0.15, 0.2) is 36.4 Å². The van der Waals surface area contributed by atoms with Crippen molar-refractivity contribution >= 4 is 32.8 Å². The average molecular weight is 605 g/mol. The molecule has 3 aromatic rings. The maximum atomic E-state index is 13.3. The molecule has 6 rings (SSSR count). The fourth-order valence-corrected chi connectivity index (χ4v) is 7.97. The number of benzene rings is 2. The van der Waals surface area contributed by atoms with Crippen LogP contribution in [0.5, 0.6) is 5.75 Å². The van der Waals surface area contributed by atoms with E-state index in [2.05, 4.69) is 0 Å². The molecule has 2 aromatic carbocycles. The van der Waals surface area contributed by atoms with Gasteiger partial charge in [0.25, 0.3) is 5.91 Å². The normalized spacial score (nSPS) is 22.0. The molecule has 1 aromatic heterocycles. The molecule has 2 heterocycles. The molecule has 2 aliphatic carbocycles. The van der Waals surface area contributed by atoms with Crippen LogP contribution in [0.25, 0.3) is 22.2 Å². The smallest absolute Gasteiger partial charge is 0.404 e. The van der Waals surface area contributed by atoms with E-state index in [9.17, 15) is 31.2 Å². The first-order chi connectivity index (χ1) is 19.9. The number of sulfonamides is 1. The molecule has 1 aliphatic heterocycles. The fourth-order valence-electron chi connectivity index (χ4n) is 7.06. The van der Waals surface area contributed by atoms with E-state index in [0.29, 0.717) is 17.7 Å². The molecule has 8 nitrogen and oxygen atoms in total. The Morgan fingerprint density at radius 1 is 1.07 bits per heavy atom. The summed E-state index contributed by atoms with van der Waals surface area (Å²) in [6, 6.07) is 10.5. The highest BCUT2D eigenvalue weighted by Crippen LogP contribution is 2.66. The summed E-state index contributed by atoms with van der Waals surface area (Å²) in [5.41, 5.74) is 3.66. The third-order valence-corrected chi connectivity index (χ3v) is 10.2. The van der Waals surface area contributed by atoms with Gasteiger partial charge in [-0.05, 0) is 66.6 Å². The number of halogens is 3. The number of hydrogen-bond acceptors (Lipinski definition) is 6. The first-order valence-corrected chi connectivity index (χ1v) is 15.6. The number of hydrogen-bond donors (Lipinski definition) is 1. The summed E-state index contributed by atoms with van der Waals surface area (Å²) in [6.45, 7) is 0.275. The minimum Gasteiger partial charge on any atom is -0.497 e. The van der Waals surface area contributed by atoms with Gasteiger partial charge in [0.1, 0.15) is 5.75 Å². The second kappa shape index (κ2) is 10.0. The van der Waals surface area contributed by atoms with E-state index in [1.165, 1.54) is 19.2 Å². The van der Waals surface area contributed by atoms with E-state index in [-0.39, 0.29) is 29.9 Å². The Balaban J connectivity index is 1.56. The molecule has 1 amide bonds. The molecule has 1 N–H and O–H groups in total. The quantitative estimate of drug-likeness (QED) is 0.365. The first kappa shape index (κ1) is 28.6. The molecular formula is C30H31F3N2O6S. The minimum atomic E-state index is -5.00. The van der Waals surface area contributed by atoms with Gasteiger partial charge in [0.05, 0.1) is 25.3 Å². The van der Waals surface area contributed by atoms with Crippen molar-refractivity contribution in [2.24, 2.45) is 5.41 Å². The van der Waals surface area contributed by atoms with Gasteiger partial charge in [0.15, 0.2) is 5.75 Å². The standard InChI is InChI=1S/C30H31F3N2O6S/c1-40-19-9-11-20-22(13-19)23-14-29(23,28(37)41-2)15-35-24-12-18(27(36)34-42(38,39)16-30(31,32)33)8-10-21(24)25(26(20)35)17-6-4-3-5-7-17/h8-13,17,23H,3-7,14-16H2,1-2H3,(H,34,36). The minimum absolute atomic E-state index is 0.0950. The Kier molecular flexibility index (Phi) is 6.82. The topological polar surface area (TPSA) is 104 Å². The van der Waals surface area contributed by atoms with Gasteiger partial charge in [-0.3, -0.25) is 9.59 Å². The Bertz CT molecular complexity index is 1710. The number of nitrogens with one attached hydrogen (secondary N) is 1. The average Bonchev–Trinajstić information content (AvgIpc) is 3.61. The molecule has 3 aliphatic rings. The SMILES string of the molecule is COC(=O)C12CC1c1cc(OC)ccc1-c1c(C3CCCCC3)c3ccc(C(=O)NS(=O)(=O)CC(F)(F)F)cc3n1C2. The summed E-state index contributed by atoms with van der Waals surface area (Å²) in [5, 5.41) is 0.868. The Labute approximate surface area is 241 Å². The number of carbonyl (C=O) groups excluding carboxylic acids is 2. The van der Waals surface area contributed by atoms with Gasteiger partial charge in [-0.15, -0.1) is 0 Å². The van der Waals surface area contributed by atoms with Crippen LogP contribution in [0.3, 0.4) is 0 Å². The van der Waals surface area contributed by atoms with Crippen molar-refractivity contribution in [1.29, 1.82) is 0 Å². The van der Waals surface area contributed by atoms with E-state index in [4.69, 9.17) is 9.47 Å². The van der Waals surface area contributed by atoms with E-state index in [1.807, 2.05) is 22.8 Å². The predicted octanol–water partition coefficient (Wildman–Crippen LogP) is 5.65. The van der Waals surface area contributed by atoms with Gasteiger partial charge >= 0.3 is 12.1 Å². The highest BCUT2D eigenvalue weighted by molar-refractivity contribution is 7.90. The van der Waals surface area contributed by atoms with Gasteiger partial charge in [-0.2, -0.15) is 13.2 Å². The summed E-state index contributed by atoms with van der Waals surface area (Å²) < 4.78 is 76.8. The van der Waals surface area contributed by atoms with Crippen LogP contribution in [-0.2, 0) is 26.1 Å². The number of nitrogens with zero attached hydrogens (tertiary/aromatic N) is 1. The number of amides is 1. The largest absolute Gasteiger partial charge is 0.497 e. The molecule has 2 fully saturated rings. The van der Waals surface area contributed by atoms with Crippen molar-refractivity contribution in [3.63, 3.8) is 0 Å². The highest BCUT2D eigenvalue weighted by atomic mass is 32.2. The third-order valence-electron chi connectivity index (χ3n) is 8.98. The number of fused-ring (bicyclic) bond motifs is 7. The number of alkyl halides is 3. The van der Waals surface area contributed by atoms with Gasteiger partial charge in [-0.25, -0.2) is 13.1 Å². The van der Waals surface area contributed by atoms with E-state index in [1.54, 1.807) is 17.9 Å². The summed E-state index contributed by atoms with van der Waals surface area (Å²) >= 11 is 0. The molecule has 2 saturated carbocycles. The van der Waals surface area contributed by atoms with Crippen LogP contribution < -0.4 is 9.46 Å². The number of carbonyl (C=O) groups is 2. The number of ether oxygens (including phenoxy) is 2. The molecule has 2 atom stereocenters. The van der Waals surface area contributed by atoms with Crippen molar-refractivity contribution in [2.75, 3.05) is 20.0 Å². The predicted molar refractivity (Wildman–Crippen MR) is 149 cm³/mol. The Morgan fingerprint density at radius 3 is 2.48 bits per heavy atom. The Hall–Kier alpha value is -3.54. The third kappa shape index (κ3) is 4.83. The number of methoxy groups -OCH3 is 2. The van der Waals surface area contributed by atoms with Crippen molar-refractivity contribution in [1.82, 2.24) is 9.29 Å². The summed E-state index contributed by atoms with van der Waals surface area (Å²) in [6.07, 6.45) is 0.790. The van der Waals surface area contributed by atoms with Crippen LogP contribution >= 0.6 is 0 Å². The zero-order valence-electron chi connectivity index (χ0n) is 23.2. The lowest BCUT2D eigenvalue weighted by atomic mass is 9.81. The summed E-state index contributed by atoms with van der Waals surface area (Å²) in [7, 11) is -2.01. The number of esters is 1. The van der Waals surface area contributed by atoms with E-state index in [0.717, 1.165) is 59.9 Å². The maximum Gasteiger partial charge on any atom is 0.404 e. The van der Waals surface area contributed by atoms with Crippen molar-refractivity contribution in [3.05, 3.63) is 53.1 Å². The Morgan fingerprint density at radius 2 is 1.81 bits per heavy atom. The van der Waals surface area contributed by atoms with Crippen molar-refractivity contribution in [2.45, 2.75) is 63.1 Å². The lowest BCUT2D eigenvalue weighted by molar-refractivity contribution is -0.147. The zero-order valence-corrected chi connectivity index (χ0v) is 24.0. The van der Waals surface area contributed by atoms with Crippen LogP contribution in [0.4, 0.5) is 13.2 Å². The fraction of sp³-hybridized carbons (Fsp3) is 0.467. The summed E-state index contributed by atoms with van der Waals surface area (Å²) in [4.78, 5) is 26.2. The molecule has 0 spiro atoms. The zero-order chi connectivity index (χ0) is 30.0. The van der Waals surface area contributed by atoms with Crippen LogP contribution in [-0.4, -0.2) is 51.0 Å². The summed E-state index contributed by atoms with van der Waals surface area (Å²) in [5.74, 6) is -2.87. The van der Waals surface area contributed by atoms with Gasteiger partial charge < -0.3 is 14.0 Å². The van der Waals surface area contributed by atoms with Crippen LogP contribution in [0.2, 0.25) is 0 Å². The molecule has 0 saturated heterocycles. The molecule has 0 radical (unpaired) electrons. The maximum absolute atomic E-state index is 13.3. The van der Waals surface area contributed by atoms with Crippen molar-refractivity contribution in [3.8, 4) is 17.0 Å². The monoisotopic (exact) mass is 604 g/mol. The van der Waals surface area contributed by atoms with E-state index < -0.39 is 33.3 Å². The van der Waals surface area contributed by atoms with Crippen molar-refractivity contribution < 1.29 is 40.7 Å².